The van der Waals surface area contributed by atoms with Gasteiger partial charge >= 0.3 is 0 Å². The summed E-state index contributed by atoms with van der Waals surface area (Å²) in [4.78, 5) is 19.5. The number of rotatable bonds is 2. The summed E-state index contributed by atoms with van der Waals surface area (Å²) >= 11 is 0. The number of amides is 1. The fourth-order valence-electron chi connectivity index (χ4n) is 2.55. The molecule has 4 rings (SSSR count). The van der Waals surface area contributed by atoms with Gasteiger partial charge in [-0.1, -0.05) is 12.1 Å². The van der Waals surface area contributed by atoms with Crippen LogP contribution in [0.5, 0.6) is 0 Å². The van der Waals surface area contributed by atoms with E-state index in [1.54, 1.807) is 19.2 Å². The molecule has 0 radical (unpaired) electrons. The molecule has 0 aliphatic rings. The lowest BCUT2D eigenvalue weighted by Crippen LogP contribution is -2.17. The Kier molecular flexibility index (Phi) is 2.69. The highest BCUT2D eigenvalue weighted by molar-refractivity contribution is 6.00. The Bertz CT molecular complexity index is 965. The fraction of sp³-hybridized carbons (Fsp3) is 0.0625. The summed E-state index contributed by atoms with van der Waals surface area (Å²) in [7, 11) is 1.61. The Morgan fingerprint density at radius 2 is 2.00 bits per heavy atom. The molecule has 6 nitrogen and oxygen atoms in total. The molecule has 0 bridgehead atoms. The van der Waals surface area contributed by atoms with Crippen LogP contribution < -0.4 is 5.32 Å². The quantitative estimate of drug-likeness (QED) is 0.530. The predicted octanol–water partition coefficient (Wildman–Crippen LogP) is 2.47. The third-order valence-corrected chi connectivity index (χ3v) is 3.67. The third-order valence-electron chi connectivity index (χ3n) is 3.67. The van der Waals surface area contributed by atoms with Gasteiger partial charge in [-0.2, -0.15) is 5.10 Å². The largest absolute Gasteiger partial charge is 0.355 e. The third kappa shape index (κ3) is 1.85. The van der Waals surface area contributed by atoms with Crippen LogP contribution in [-0.2, 0) is 0 Å². The maximum atomic E-state index is 11.7. The molecule has 0 fully saturated rings. The van der Waals surface area contributed by atoms with Crippen LogP contribution in [0.2, 0.25) is 0 Å². The van der Waals surface area contributed by atoms with Gasteiger partial charge in [0.05, 0.1) is 16.6 Å². The average molecular weight is 291 g/mol. The second kappa shape index (κ2) is 4.70. The van der Waals surface area contributed by atoms with Crippen molar-refractivity contribution in [3.05, 3.63) is 48.0 Å². The monoisotopic (exact) mass is 291 g/mol. The first kappa shape index (κ1) is 12.6. The van der Waals surface area contributed by atoms with Crippen molar-refractivity contribution in [1.82, 2.24) is 25.5 Å². The molecule has 0 unspecified atom stereocenters. The van der Waals surface area contributed by atoms with Crippen molar-refractivity contribution in [1.29, 1.82) is 0 Å². The predicted molar refractivity (Wildman–Crippen MR) is 84.6 cm³/mol. The van der Waals surface area contributed by atoms with Crippen molar-refractivity contribution in [2.75, 3.05) is 7.05 Å². The Hall–Kier alpha value is -3.15. The van der Waals surface area contributed by atoms with Crippen molar-refractivity contribution < 1.29 is 4.79 Å². The van der Waals surface area contributed by atoms with Gasteiger partial charge in [0.15, 0.2) is 5.82 Å². The van der Waals surface area contributed by atoms with Crippen LogP contribution in [0.15, 0.2) is 42.5 Å². The number of hydrogen-bond acceptors (Lipinski definition) is 3. The Morgan fingerprint density at radius 1 is 1.14 bits per heavy atom. The smallest absolute Gasteiger partial charge is 0.251 e. The molecular formula is C16H13N5O. The van der Waals surface area contributed by atoms with Gasteiger partial charge < -0.3 is 10.3 Å². The Balaban J connectivity index is 1.86. The zero-order chi connectivity index (χ0) is 15.1. The zero-order valence-electron chi connectivity index (χ0n) is 11.8. The van der Waals surface area contributed by atoms with E-state index in [2.05, 4.69) is 25.5 Å². The number of H-pyrrole nitrogens is 2. The number of fused-ring (bicyclic) bond motifs is 2. The van der Waals surface area contributed by atoms with E-state index >= 15 is 0 Å². The summed E-state index contributed by atoms with van der Waals surface area (Å²) in [5.41, 5.74) is 4.01. The second-order valence-electron chi connectivity index (χ2n) is 5.01. The summed E-state index contributed by atoms with van der Waals surface area (Å²) in [5, 5.41) is 10.8. The minimum absolute atomic E-state index is 0.123. The molecule has 2 aromatic carbocycles. The summed E-state index contributed by atoms with van der Waals surface area (Å²) in [6.07, 6.45) is 0. The van der Waals surface area contributed by atoms with Gasteiger partial charge in [0.2, 0.25) is 0 Å². The minimum Gasteiger partial charge on any atom is -0.355 e. The molecular weight excluding hydrogens is 278 g/mol. The van der Waals surface area contributed by atoms with E-state index in [0.29, 0.717) is 11.4 Å². The second-order valence-corrected chi connectivity index (χ2v) is 5.01. The van der Waals surface area contributed by atoms with Gasteiger partial charge in [-0.05, 0) is 30.3 Å². The normalized spacial score (nSPS) is 11.1. The van der Waals surface area contributed by atoms with Crippen LogP contribution in [0.1, 0.15) is 10.4 Å². The van der Waals surface area contributed by atoms with Crippen LogP contribution in [0.4, 0.5) is 0 Å². The molecule has 4 aromatic rings. The van der Waals surface area contributed by atoms with Crippen LogP contribution >= 0.6 is 0 Å². The number of nitrogens with zero attached hydrogens (tertiary/aromatic N) is 2. The van der Waals surface area contributed by atoms with Crippen molar-refractivity contribution in [2.24, 2.45) is 0 Å². The lowest BCUT2D eigenvalue weighted by molar-refractivity contribution is 0.0963. The van der Waals surface area contributed by atoms with Gasteiger partial charge in [0.1, 0.15) is 5.69 Å². The fourth-order valence-corrected chi connectivity index (χ4v) is 2.55. The molecule has 2 heterocycles. The van der Waals surface area contributed by atoms with E-state index < -0.39 is 0 Å². The highest BCUT2D eigenvalue weighted by atomic mass is 16.1. The molecule has 3 N–H and O–H groups in total. The number of imidazole rings is 1. The number of para-hydroxylation sites is 2. The first-order chi connectivity index (χ1) is 10.8. The molecule has 22 heavy (non-hydrogen) atoms. The van der Waals surface area contributed by atoms with Crippen LogP contribution in [0.3, 0.4) is 0 Å². The molecule has 0 spiro atoms. The van der Waals surface area contributed by atoms with Crippen LogP contribution in [0, 0.1) is 0 Å². The van der Waals surface area contributed by atoms with Gasteiger partial charge in [0, 0.05) is 18.0 Å². The Labute approximate surface area is 125 Å². The first-order valence-electron chi connectivity index (χ1n) is 6.91. The molecule has 0 saturated carbocycles. The first-order valence-corrected chi connectivity index (χ1v) is 6.91. The topological polar surface area (TPSA) is 86.5 Å². The maximum Gasteiger partial charge on any atom is 0.251 e. The zero-order valence-corrected chi connectivity index (χ0v) is 11.8. The van der Waals surface area contributed by atoms with E-state index in [1.807, 2.05) is 30.3 Å². The molecule has 1 amide bonds. The van der Waals surface area contributed by atoms with E-state index in [-0.39, 0.29) is 5.91 Å². The molecule has 0 aliphatic heterocycles. The van der Waals surface area contributed by atoms with E-state index in [4.69, 9.17) is 0 Å². The highest BCUT2D eigenvalue weighted by Crippen LogP contribution is 2.26. The number of aromatic amines is 2. The van der Waals surface area contributed by atoms with Crippen LogP contribution in [0.25, 0.3) is 33.5 Å². The summed E-state index contributed by atoms with van der Waals surface area (Å²) in [6.45, 7) is 0. The van der Waals surface area contributed by atoms with Crippen LogP contribution in [-0.4, -0.2) is 33.1 Å². The molecule has 0 saturated heterocycles. The standard InChI is InChI=1S/C16H13N5O/c1-17-16(22)9-6-7-10-13(8-9)20-21-14(10)15-18-11-4-2-3-5-12(11)19-15/h2-8H,1H3,(H,17,22)(H,18,19)(H,20,21). The van der Waals surface area contributed by atoms with E-state index in [1.165, 1.54) is 0 Å². The van der Waals surface area contributed by atoms with E-state index in [9.17, 15) is 4.79 Å². The number of hydrogen-bond donors (Lipinski definition) is 3. The van der Waals surface area contributed by atoms with Crippen molar-refractivity contribution in [3.63, 3.8) is 0 Å². The number of aromatic nitrogens is 4. The number of carbonyl (C=O) groups excluding carboxylic acids is 1. The number of benzene rings is 2. The van der Waals surface area contributed by atoms with Crippen molar-refractivity contribution in [3.8, 4) is 11.5 Å². The summed E-state index contributed by atoms with van der Waals surface area (Å²) in [5.74, 6) is 0.585. The van der Waals surface area contributed by atoms with Gasteiger partial charge in [-0.3, -0.25) is 9.89 Å². The lowest BCUT2D eigenvalue weighted by atomic mass is 10.1. The summed E-state index contributed by atoms with van der Waals surface area (Å²) in [6, 6.07) is 13.3. The number of nitrogens with one attached hydrogen (secondary N) is 3. The molecule has 2 aromatic heterocycles. The lowest BCUT2D eigenvalue weighted by Gasteiger charge is -1.99. The highest BCUT2D eigenvalue weighted by Gasteiger charge is 2.13. The minimum atomic E-state index is -0.123. The van der Waals surface area contributed by atoms with Gasteiger partial charge in [-0.25, -0.2) is 4.98 Å². The van der Waals surface area contributed by atoms with Crippen molar-refractivity contribution >= 4 is 27.8 Å². The molecule has 0 atom stereocenters. The van der Waals surface area contributed by atoms with E-state index in [0.717, 1.165) is 27.6 Å². The average Bonchev–Trinajstić information content (AvgIpc) is 3.16. The van der Waals surface area contributed by atoms with Gasteiger partial charge in [-0.15, -0.1) is 0 Å². The maximum absolute atomic E-state index is 11.7. The van der Waals surface area contributed by atoms with Gasteiger partial charge in [0.25, 0.3) is 5.91 Å². The van der Waals surface area contributed by atoms with Crippen molar-refractivity contribution in [2.45, 2.75) is 0 Å². The summed E-state index contributed by atoms with van der Waals surface area (Å²) < 4.78 is 0. The molecule has 108 valence electrons. The Morgan fingerprint density at radius 3 is 2.82 bits per heavy atom. The SMILES string of the molecule is CNC(=O)c1ccc2c(-c3nc4ccccc4[nH]3)n[nH]c2c1. The number of carbonyl (C=O) groups is 1. The molecule has 6 heteroatoms. The molecule has 0 aliphatic carbocycles.